The van der Waals surface area contributed by atoms with E-state index in [4.69, 9.17) is 23.2 Å². The molecular weight excluding hydrogens is 464 g/mol. The number of hydrogen-bond acceptors (Lipinski definition) is 10. The van der Waals surface area contributed by atoms with Crippen LogP contribution in [0.5, 0.6) is 11.5 Å². The standard InChI is InChI=1S/C23H20N2O8S/c1-29-15-8-10-18(20(12-15)30-2)22-24-21(33-25-22)13-31-23(26)19-11-9-16(32-19)14-34(27,28)17-6-4-3-5-7-17/h3-12H,13-14H2,1-2H3. The zero-order valence-electron chi connectivity index (χ0n) is 18.3. The molecule has 0 atom stereocenters. The zero-order chi connectivity index (χ0) is 24.1. The molecule has 10 nitrogen and oxygen atoms in total. The van der Waals surface area contributed by atoms with Crippen molar-refractivity contribution in [1.82, 2.24) is 10.1 Å². The van der Waals surface area contributed by atoms with Crippen LogP contribution >= 0.6 is 0 Å². The second-order valence-electron chi connectivity index (χ2n) is 6.99. The fourth-order valence-corrected chi connectivity index (χ4v) is 4.34. The number of methoxy groups -OCH3 is 2. The molecule has 34 heavy (non-hydrogen) atoms. The van der Waals surface area contributed by atoms with Gasteiger partial charge in [0.25, 0.3) is 5.89 Å². The molecule has 2 aromatic heterocycles. The Kier molecular flexibility index (Phi) is 6.64. The molecule has 0 saturated heterocycles. The van der Waals surface area contributed by atoms with Gasteiger partial charge in [-0.15, -0.1) is 0 Å². The monoisotopic (exact) mass is 484 g/mol. The van der Waals surface area contributed by atoms with Crippen molar-refractivity contribution >= 4 is 15.8 Å². The molecule has 4 aromatic rings. The van der Waals surface area contributed by atoms with Crippen LogP contribution in [0, 0.1) is 0 Å². The molecule has 0 unspecified atom stereocenters. The summed E-state index contributed by atoms with van der Waals surface area (Å²) in [5.41, 5.74) is 0.569. The maximum Gasteiger partial charge on any atom is 0.374 e. The van der Waals surface area contributed by atoms with Crippen molar-refractivity contribution in [3.63, 3.8) is 0 Å². The fourth-order valence-electron chi connectivity index (χ4n) is 3.07. The lowest BCUT2D eigenvalue weighted by Crippen LogP contribution is -2.05. The molecule has 0 aliphatic rings. The van der Waals surface area contributed by atoms with Gasteiger partial charge in [-0.25, -0.2) is 13.2 Å². The molecule has 0 radical (unpaired) electrons. The van der Waals surface area contributed by atoms with E-state index in [0.717, 1.165) is 0 Å². The van der Waals surface area contributed by atoms with Gasteiger partial charge in [0.2, 0.25) is 11.6 Å². The van der Waals surface area contributed by atoms with Crippen molar-refractivity contribution in [1.29, 1.82) is 0 Å². The van der Waals surface area contributed by atoms with E-state index >= 15 is 0 Å². The van der Waals surface area contributed by atoms with E-state index in [0.29, 0.717) is 17.1 Å². The molecule has 0 saturated carbocycles. The molecule has 11 heteroatoms. The number of benzene rings is 2. The highest BCUT2D eigenvalue weighted by Gasteiger charge is 2.21. The van der Waals surface area contributed by atoms with Gasteiger partial charge >= 0.3 is 5.97 Å². The third-order valence-corrected chi connectivity index (χ3v) is 6.40. The van der Waals surface area contributed by atoms with Gasteiger partial charge in [-0.05, 0) is 36.4 Å². The number of carbonyl (C=O) groups excluding carboxylic acids is 1. The van der Waals surface area contributed by atoms with Crippen molar-refractivity contribution in [3.05, 3.63) is 78.1 Å². The Labute approximate surface area is 195 Å². The highest BCUT2D eigenvalue weighted by molar-refractivity contribution is 7.90. The van der Waals surface area contributed by atoms with E-state index in [1.54, 1.807) is 43.5 Å². The second-order valence-corrected chi connectivity index (χ2v) is 8.98. The van der Waals surface area contributed by atoms with Gasteiger partial charge < -0.3 is 23.2 Å². The van der Waals surface area contributed by atoms with Crippen LogP contribution in [0.2, 0.25) is 0 Å². The average molecular weight is 484 g/mol. The predicted molar refractivity (Wildman–Crippen MR) is 118 cm³/mol. The smallest absolute Gasteiger partial charge is 0.374 e. The Balaban J connectivity index is 1.39. The van der Waals surface area contributed by atoms with Gasteiger partial charge in [0.05, 0.1) is 24.7 Å². The number of hydrogen-bond donors (Lipinski definition) is 0. The van der Waals surface area contributed by atoms with E-state index < -0.39 is 15.8 Å². The average Bonchev–Trinajstić information content (AvgIpc) is 3.52. The van der Waals surface area contributed by atoms with E-state index in [1.165, 1.54) is 31.4 Å². The van der Waals surface area contributed by atoms with E-state index in [-0.39, 0.29) is 40.5 Å². The maximum absolute atomic E-state index is 12.5. The quantitative estimate of drug-likeness (QED) is 0.324. The van der Waals surface area contributed by atoms with Gasteiger partial charge in [-0.1, -0.05) is 23.4 Å². The maximum atomic E-state index is 12.5. The second kappa shape index (κ2) is 9.79. The molecule has 0 spiro atoms. The number of carbonyl (C=O) groups is 1. The minimum absolute atomic E-state index is 0.0552. The molecule has 0 aliphatic carbocycles. The molecule has 2 aromatic carbocycles. The Morgan fingerprint density at radius 1 is 1.00 bits per heavy atom. The van der Waals surface area contributed by atoms with Gasteiger partial charge in [0.1, 0.15) is 23.0 Å². The van der Waals surface area contributed by atoms with Gasteiger partial charge in [-0.3, -0.25) is 0 Å². The van der Waals surface area contributed by atoms with E-state index in [9.17, 15) is 13.2 Å². The van der Waals surface area contributed by atoms with Crippen molar-refractivity contribution in [2.24, 2.45) is 0 Å². The highest BCUT2D eigenvalue weighted by atomic mass is 32.2. The van der Waals surface area contributed by atoms with Crippen LogP contribution in [-0.2, 0) is 26.9 Å². The first-order chi connectivity index (χ1) is 16.4. The Bertz CT molecular complexity index is 1390. The third-order valence-electron chi connectivity index (χ3n) is 4.74. The largest absolute Gasteiger partial charge is 0.497 e. The lowest BCUT2D eigenvalue weighted by Gasteiger charge is -2.07. The Hall–Kier alpha value is -4.12. The summed E-state index contributed by atoms with van der Waals surface area (Å²) in [5.74, 6) is 0.171. The summed E-state index contributed by atoms with van der Waals surface area (Å²) in [6.45, 7) is -0.303. The molecule has 176 valence electrons. The first-order valence-electron chi connectivity index (χ1n) is 9.98. The Morgan fingerprint density at radius 2 is 1.79 bits per heavy atom. The number of aromatic nitrogens is 2. The first kappa shape index (κ1) is 23.1. The predicted octanol–water partition coefficient (Wildman–Crippen LogP) is 3.68. The van der Waals surface area contributed by atoms with Crippen molar-refractivity contribution in [2.45, 2.75) is 17.3 Å². The summed E-state index contributed by atoms with van der Waals surface area (Å²) >= 11 is 0. The summed E-state index contributed by atoms with van der Waals surface area (Å²) in [5, 5.41) is 3.89. The van der Waals surface area contributed by atoms with Gasteiger partial charge in [-0.2, -0.15) is 4.98 Å². The molecule has 2 heterocycles. The number of ether oxygens (including phenoxy) is 3. The number of sulfone groups is 1. The van der Waals surface area contributed by atoms with Crippen LogP contribution in [0.15, 0.2) is 74.5 Å². The highest BCUT2D eigenvalue weighted by Crippen LogP contribution is 2.31. The molecule has 0 N–H and O–H groups in total. The SMILES string of the molecule is COc1ccc(-c2noc(COC(=O)c3ccc(CS(=O)(=O)c4ccccc4)o3)n2)c(OC)c1. The van der Waals surface area contributed by atoms with Gasteiger partial charge in [0, 0.05) is 6.07 Å². The number of esters is 1. The topological polar surface area (TPSA) is 131 Å². The van der Waals surface area contributed by atoms with Crippen molar-refractivity contribution < 1.29 is 36.4 Å². The minimum Gasteiger partial charge on any atom is -0.497 e. The lowest BCUT2D eigenvalue weighted by molar-refractivity contribution is 0.0392. The van der Waals surface area contributed by atoms with Crippen LogP contribution in [0.4, 0.5) is 0 Å². The van der Waals surface area contributed by atoms with Crippen LogP contribution in [0.1, 0.15) is 22.2 Å². The van der Waals surface area contributed by atoms with Crippen LogP contribution < -0.4 is 9.47 Å². The normalized spacial score (nSPS) is 11.2. The number of furan rings is 1. The molecule has 4 rings (SSSR count). The third kappa shape index (κ3) is 5.09. The van der Waals surface area contributed by atoms with E-state index in [2.05, 4.69) is 10.1 Å². The van der Waals surface area contributed by atoms with Crippen molar-refractivity contribution in [2.75, 3.05) is 14.2 Å². The molecule has 0 aliphatic heterocycles. The fraction of sp³-hybridized carbons (Fsp3) is 0.174. The van der Waals surface area contributed by atoms with Crippen LogP contribution in [0.25, 0.3) is 11.4 Å². The summed E-state index contributed by atoms with van der Waals surface area (Å²) in [6, 6.07) is 15.8. The zero-order valence-corrected chi connectivity index (χ0v) is 19.1. The first-order valence-corrected chi connectivity index (χ1v) is 11.6. The number of nitrogens with zero attached hydrogens (tertiary/aromatic N) is 2. The van der Waals surface area contributed by atoms with E-state index in [1.807, 2.05) is 0 Å². The number of rotatable bonds is 9. The summed E-state index contributed by atoms with van der Waals surface area (Å²) in [7, 11) is -0.567. The molecule has 0 fully saturated rings. The minimum atomic E-state index is -3.61. The summed E-state index contributed by atoms with van der Waals surface area (Å²) in [6.07, 6.45) is 0. The van der Waals surface area contributed by atoms with Crippen molar-refractivity contribution in [3.8, 4) is 22.9 Å². The molecular formula is C23H20N2O8S. The van der Waals surface area contributed by atoms with Gasteiger partial charge in [0.15, 0.2) is 16.4 Å². The summed E-state index contributed by atoms with van der Waals surface area (Å²) < 4.78 is 51.1. The molecule has 0 amide bonds. The lowest BCUT2D eigenvalue weighted by atomic mass is 10.2. The van der Waals surface area contributed by atoms with Crippen LogP contribution in [0.3, 0.4) is 0 Å². The Morgan fingerprint density at radius 3 is 2.53 bits per heavy atom. The van der Waals surface area contributed by atoms with Crippen LogP contribution in [-0.4, -0.2) is 38.7 Å². The summed E-state index contributed by atoms with van der Waals surface area (Å²) in [4.78, 5) is 16.7. The molecule has 0 bridgehead atoms.